The number of rotatable bonds is 9. The summed E-state index contributed by atoms with van der Waals surface area (Å²) in [6.45, 7) is 11.6. The molecule has 1 aromatic carbocycles. The molecule has 0 bridgehead atoms. The van der Waals surface area contributed by atoms with E-state index in [-0.39, 0.29) is 5.91 Å². The Morgan fingerprint density at radius 2 is 1.63 bits per heavy atom. The Kier molecular flexibility index (Phi) is 9.86. The molecule has 0 saturated heterocycles. The Balaban J connectivity index is 2.41. The number of guanidine groups is 1. The average Bonchev–Trinajstić information content (AvgIpc) is 2.63. The molecule has 0 fully saturated rings. The van der Waals surface area contributed by atoms with Gasteiger partial charge < -0.3 is 15.5 Å². The van der Waals surface area contributed by atoms with Gasteiger partial charge in [0, 0.05) is 58.4 Å². The molecule has 0 spiro atoms. The lowest BCUT2D eigenvalue weighted by Crippen LogP contribution is -2.41. The van der Waals surface area contributed by atoms with E-state index in [4.69, 9.17) is 0 Å². The van der Waals surface area contributed by atoms with E-state index in [0.29, 0.717) is 24.2 Å². The Hall–Kier alpha value is -2.08. The van der Waals surface area contributed by atoms with Crippen LogP contribution in [0, 0.1) is 0 Å². The number of hydrogen-bond acceptors (Lipinski definition) is 3. The Bertz CT molecular complexity index is 585. The molecule has 0 radical (unpaired) electrons. The molecular formula is C21H37N5O. The van der Waals surface area contributed by atoms with Crippen molar-refractivity contribution in [1.29, 1.82) is 0 Å². The molecule has 0 saturated carbocycles. The number of carbonyl (C=O) groups excluding carboxylic acids is 1. The van der Waals surface area contributed by atoms with Crippen LogP contribution in [0.2, 0.25) is 0 Å². The van der Waals surface area contributed by atoms with Crippen LogP contribution in [0.4, 0.5) is 0 Å². The number of nitrogens with one attached hydrogen (secondary N) is 2. The van der Waals surface area contributed by atoms with Crippen molar-refractivity contribution < 1.29 is 4.79 Å². The summed E-state index contributed by atoms with van der Waals surface area (Å²) < 4.78 is 0. The van der Waals surface area contributed by atoms with Crippen LogP contribution >= 0.6 is 0 Å². The van der Waals surface area contributed by atoms with Gasteiger partial charge in [0.1, 0.15) is 0 Å². The van der Waals surface area contributed by atoms with E-state index in [9.17, 15) is 4.79 Å². The van der Waals surface area contributed by atoms with Crippen LogP contribution in [0.15, 0.2) is 29.3 Å². The van der Waals surface area contributed by atoms with E-state index in [1.165, 1.54) is 0 Å². The summed E-state index contributed by atoms with van der Waals surface area (Å²) in [5, 5.41) is 6.69. The molecule has 2 N–H and O–H groups in total. The maximum Gasteiger partial charge on any atom is 0.253 e. The Labute approximate surface area is 165 Å². The van der Waals surface area contributed by atoms with Crippen LogP contribution in [0.1, 0.15) is 50.0 Å². The van der Waals surface area contributed by atoms with Crippen molar-refractivity contribution >= 4 is 11.9 Å². The predicted molar refractivity (Wildman–Crippen MR) is 114 cm³/mol. The minimum Gasteiger partial charge on any atom is -0.356 e. The fourth-order valence-electron chi connectivity index (χ4n) is 3.01. The molecule has 6 nitrogen and oxygen atoms in total. The molecule has 6 heteroatoms. The summed E-state index contributed by atoms with van der Waals surface area (Å²) in [4.78, 5) is 20.3. The van der Waals surface area contributed by atoms with Crippen molar-refractivity contribution in [3.8, 4) is 0 Å². The second-order valence-corrected chi connectivity index (χ2v) is 7.53. The zero-order valence-electron chi connectivity index (χ0n) is 18.0. The molecule has 1 rings (SSSR count). The quantitative estimate of drug-likeness (QED) is 0.396. The van der Waals surface area contributed by atoms with E-state index in [1.54, 1.807) is 26.0 Å². The van der Waals surface area contributed by atoms with Gasteiger partial charge in [0.15, 0.2) is 5.96 Å². The van der Waals surface area contributed by atoms with Gasteiger partial charge in [-0.15, -0.1) is 0 Å². The topological polar surface area (TPSA) is 60.0 Å². The zero-order chi connectivity index (χ0) is 20.4. The Morgan fingerprint density at radius 3 is 2.11 bits per heavy atom. The minimum atomic E-state index is 0.0174. The molecule has 0 aliphatic heterocycles. The first-order valence-corrected chi connectivity index (χ1v) is 9.77. The third-order valence-corrected chi connectivity index (χ3v) is 4.50. The van der Waals surface area contributed by atoms with Gasteiger partial charge in [0.25, 0.3) is 5.91 Å². The van der Waals surface area contributed by atoms with E-state index >= 15 is 0 Å². The van der Waals surface area contributed by atoms with Gasteiger partial charge in [-0.3, -0.25) is 14.7 Å². The molecule has 1 amide bonds. The maximum absolute atomic E-state index is 11.9. The third-order valence-electron chi connectivity index (χ3n) is 4.50. The summed E-state index contributed by atoms with van der Waals surface area (Å²) >= 11 is 0. The van der Waals surface area contributed by atoms with Gasteiger partial charge in [-0.2, -0.15) is 0 Å². The second-order valence-electron chi connectivity index (χ2n) is 7.53. The SMILES string of the molecule is CN=C(NCCCN(C(C)C)C(C)C)NCc1ccc(C(=O)N(C)C)cc1. The summed E-state index contributed by atoms with van der Waals surface area (Å²) in [5.41, 5.74) is 1.81. The number of aliphatic imine (C=N–C) groups is 1. The lowest BCUT2D eigenvalue weighted by molar-refractivity contribution is 0.0827. The van der Waals surface area contributed by atoms with Gasteiger partial charge in [0.2, 0.25) is 0 Å². The van der Waals surface area contributed by atoms with E-state index in [2.05, 4.69) is 48.2 Å². The average molecular weight is 376 g/mol. The van der Waals surface area contributed by atoms with E-state index in [1.807, 2.05) is 24.3 Å². The van der Waals surface area contributed by atoms with Crippen LogP contribution < -0.4 is 10.6 Å². The minimum absolute atomic E-state index is 0.0174. The molecule has 0 unspecified atom stereocenters. The highest BCUT2D eigenvalue weighted by molar-refractivity contribution is 5.93. The molecule has 0 atom stereocenters. The third kappa shape index (κ3) is 7.99. The number of amides is 1. The zero-order valence-corrected chi connectivity index (χ0v) is 18.0. The van der Waals surface area contributed by atoms with Crippen LogP contribution in [0.25, 0.3) is 0 Å². The van der Waals surface area contributed by atoms with Gasteiger partial charge in [-0.25, -0.2) is 0 Å². The van der Waals surface area contributed by atoms with E-state index in [0.717, 1.165) is 31.0 Å². The van der Waals surface area contributed by atoms with E-state index < -0.39 is 0 Å². The van der Waals surface area contributed by atoms with Gasteiger partial charge in [-0.1, -0.05) is 12.1 Å². The molecule has 0 aromatic heterocycles. The fraction of sp³-hybridized carbons (Fsp3) is 0.619. The maximum atomic E-state index is 11.9. The smallest absolute Gasteiger partial charge is 0.253 e. The highest BCUT2D eigenvalue weighted by Gasteiger charge is 2.12. The molecule has 0 heterocycles. The number of nitrogens with zero attached hydrogens (tertiary/aromatic N) is 3. The second kappa shape index (κ2) is 11.6. The van der Waals surface area contributed by atoms with Crippen molar-refractivity contribution in [2.24, 2.45) is 4.99 Å². The molecule has 0 aliphatic carbocycles. The molecule has 27 heavy (non-hydrogen) atoms. The van der Waals surface area contributed by atoms with Crippen molar-refractivity contribution in [2.45, 2.75) is 52.7 Å². The summed E-state index contributed by atoms with van der Waals surface area (Å²) in [7, 11) is 5.30. The molecule has 1 aromatic rings. The lowest BCUT2D eigenvalue weighted by Gasteiger charge is -2.30. The largest absolute Gasteiger partial charge is 0.356 e. The Morgan fingerprint density at radius 1 is 1.04 bits per heavy atom. The first-order valence-electron chi connectivity index (χ1n) is 9.77. The van der Waals surface area contributed by atoms with Gasteiger partial charge in [-0.05, 0) is 51.8 Å². The first-order chi connectivity index (χ1) is 12.8. The van der Waals surface area contributed by atoms with Crippen LogP contribution in [0.3, 0.4) is 0 Å². The van der Waals surface area contributed by atoms with Crippen molar-refractivity contribution in [1.82, 2.24) is 20.4 Å². The molecule has 0 aliphatic rings. The number of carbonyl (C=O) groups is 1. The summed E-state index contributed by atoms with van der Waals surface area (Å²) in [6.07, 6.45) is 1.07. The molecular weight excluding hydrogens is 338 g/mol. The highest BCUT2D eigenvalue weighted by atomic mass is 16.2. The summed E-state index contributed by atoms with van der Waals surface area (Å²) in [6, 6.07) is 8.79. The molecule has 152 valence electrons. The number of hydrogen-bond donors (Lipinski definition) is 2. The highest BCUT2D eigenvalue weighted by Crippen LogP contribution is 2.07. The normalized spacial score (nSPS) is 12.0. The summed E-state index contributed by atoms with van der Waals surface area (Å²) in [5.74, 6) is 0.813. The predicted octanol–water partition coefficient (Wildman–Crippen LogP) is 2.56. The van der Waals surface area contributed by atoms with Crippen LogP contribution in [-0.2, 0) is 6.54 Å². The van der Waals surface area contributed by atoms with Crippen molar-refractivity contribution in [3.63, 3.8) is 0 Å². The fourth-order valence-corrected chi connectivity index (χ4v) is 3.01. The monoisotopic (exact) mass is 375 g/mol. The standard InChI is InChI=1S/C21H37N5O/c1-16(2)26(17(3)4)14-8-13-23-21(22-5)24-15-18-9-11-19(12-10-18)20(27)25(6)7/h9-12,16-17H,8,13-15H2,1-7H3,(H2,22,23,24). The lowest BCUT2D eigenvalue weighted by atomic mass is 10.1. The van der Waals surface area contributed by atoms with Gasteiger partial charge in [0.05, 0.1) is 0 Å². The van der Waals surface area contributed by atoms with Crippen molar-refractivity contribution in [3.05, 3.63) is 35.4 Å². The van der Waals surface area contributed by atoms with Crippen LogP contribution in [-0.4, -0.2) is 68.0 Å². The number of benzene rings is 1. The first kappa shape index (κ1) is 23.0. The van der Waals surface area contributed by atoms with Gasteiger partial charge >= 0.3 is 0 Å². The van der Waals surface area contributed by atoms with Crippen molar-refractivity contribution in [2.75, 3.05) is 34.2 Å². The van der Waals surface area contributed by atoms with Crippen LogP contribution in [0.5, 0.6) is 0 Å².